The van der Waals surface area contributed by atoms with Crippen LogP contribution in [-0.4, -0.2) is 16.5 Å². The summed E-state index contributed by atoms with van der Waals surface area (Å²) in [5.74, 6) is 0.327. The molecule has 0 atom stereocenters. The molecule has 4 nitrogen and oxygen atoms in total. The van der Waals surface area contributed by atoms with E-state index in [9.17, 15) is 13.2 Å². The van der Waals surface area contributed by atoms with Gasteiger partial charge in [0.05, 0.1) is 11.8 Å². The predicted octanol–water partition coefficient (Wildman–Crippen LogP) is 4.11. The first kappa shape index (κ1) is 15.1. The van der Waals surface area contributed by atoms with Crippen LogP contribution < -0.4 is 10.1 Å². The molecule has 0 saturated heterocycles. The number of halogens is 3. The van der Waals surface area contributed by atoms with Crippen LogP contribution in [0.5, 0.6) is 11.6 Å². The van der Waals surface area contributed by atoms with Gasteiger partial charge in [0.2, 0.25) is 5.88 Å². The van der Waals surface area contributed by atoms with Crippen LogP contribution >= 0.6 is 0 Å². The van der Waals surface area contributed by atoms with Gasteiger partial charge in [-0.2, -0.15) is 18.2 Å². The summed E-state index contributed by atoms with van der Waals surface area (Å²) in [5.41, 5.74) is -0.810. The number of anilines is 1. The second-order valence-electron chi connectivity index (χ2n) is 4.29. The highest BCUT2D eigenvalue weighted by atomic mass is 19.4. The Kier molecular flexibility index (Phi) is 4.62. The van der Waals surface area contributed by atoms with E-state index < -0.39 is 11.7 Å². The standard InChI is InChI=1S/C14H14F3N3O/c1-2-5-19-12-7-10(14(15,16)17)8-13(20-12)21-11-4-3-6-18-9-11/h3-4,6-9H,2,5H2,1H3,(H,19,20). The van der Waals surface area contributed by atoms with Gasteiger partial charge < -0.3 is 10.1 Å². The van der Waals surface area contributed by atoms with E-state index >= 15 is 0 Å². The Labute approximate surface area is 120 Å². The molecule has 0 bridgehead atoms. The summed E-state index contributed by atoms with van der Waals surface area (Å²) in [5, 5.41) is 2.83. The van der Waals surface area contributed by atoms with Crippen LogP contribution in [0, 0.1) is 0 Å². The van der Waals surface area contributed by atoms with Crippen molar-refractivity contribution < 1.29 is 17.9 Å². The monoisotopic (exact) mass is 297 g/mol. The maximum absolute atomic E-state index is 12.9. The minimum atomic E-state index is -4.46. The fraction of sp³-hybridized carbons (Fsp3) is 0.286. The van der Waals surface area contributed by atoms with Gasteiger partial charge in [-0.15, -0.1) is 0 Å². The number of ether oxygens (including phenoxy) is 1. The van der Waals surface area contributed by atoms with E-state index in [4.69, 9.17) is 4.74 Å². The van der Waals surface area contributed by atoms with E-state index in [1.807, 2.05) is 6.92 Å². The average Bonchev–Trinajstić information content (AvgIpc) is 2.45. The van der Waals surface area contributed by atoms with Crippen molar-refractivity contribution in [2.75, 3.05) is 11.9 Å². The molecule has 0 radical (unpaired) electrons. The first-order valence-corrected chi connectivity index (χ1v) is 6.40. The highest BCUT2D eigenvalue weighted by Crippen LogP contribution is 2.33. The zero-order valence-electron chi connectivity index (χ0n) is 11.3. The van der Waals surface area contributed by atoms with Gasteiger partial charge in [0, 0.05) is 18.8 Å². The van der Waals surface area contributed by atoms with E-state index in [0.29, 0.717) is 12.3 Å². The molecule has 0 aliphatic heterocycles. The molecule has 0 saturated carbocycles. The third-order valence-corrected chi connectivity index (χ3v) is 2.54. The lowest BCUT2D eigenvalue weighted by Crippen LogP contribution is -2.09. The van der Waals surface area contributed by atoms with Gasteiger partial charge in [0.15, 0.2) is 0 Å². The van der Waals surface area contributed by atoms with Crippen LogP contribution in [0.3, 0.4) is 0 Å². The molecule has 112 valence electrons. The highest BCUT2D eigenvalue weighted by Gasteiger charge is 2.32. The summed E-state index contributed by atoms with van der Waals surface area (Å²) in [7, 11) is 0. The molecule has 2 aromatic rings. The lowest BCUT2D eigenvalue weighted by atomic mass is 10.2. The Morgan fingerprint density at radius 1 is 1.29 bits per heavy atom. The molecule has 7 heteroatoms. The zero-order valence-corrected chi connectivity index (χ0v) is 11.3. The van der Waals surface area contributed by atoms with Gasteiger partial charge in [0.25, 0.3) is 0 Å². The van der Waals surface area contributed by atoms with Gasteiger partial charge in [-0.1, -0.05) is 6.92 Å². The molecular weight excluding hydrogens is 283 g/mol. The van der Waals surface area contributed by atoms with Gasteiger partial charge in [0.1, 0.15) is 11.6 Å². The lowest BCUT2D eigenvalue weighted by Gasteiger charge is -2.12. The Morgan fingerprint density at radius 3 is 2.71 bits per heavy atom. The maximum atomic E-state index is 12.9. The van der Waals surface area contributed by atoms with Crippen molar-refractivity contribution in [2.45, 2.75) is 19.5 Å². The molecule has 0 aliphatic carbocycles. The summed E-state index contributed by atoms with van der Waals surface area (Å²) in [6.07, 6.45) is -0.739. The largest absolute Gasteiger partial charge is 0.437 e. The number of pyridine rings is 2. The van der Waals surface area contributed by atoms with Crippen LogP contribution in [0.2, 0.25) is 0 Å². The van der Waals surface area contributed by atoms with Crippen molar-refractivity contribution in [1.29, 1.82) is 0 Å². The van der Waals surface area contributed by atoms with Gasteiger partial charge >= 0.3 is 6.18 Å². The number of hydrogen-bond acceptors (Lipinski definition) is 4. The predicted molar refractivity (Wildman–Crippen MR) is 72.3 cm³/mol. The third-order valence-electron chi connectivity index (χ3n) is 2.54. The molecule has 0 fully saturated rings. The zero-order chi connectivity index (χ0) is 15.3. The molecule has 0 aromatic carbocycles. The van der Waals surface area contributed by atoms with Crippen LogP contribution in [-0.2, 0) is 6.18 Å². The van der Waals surface area contributed by atoms with Crippen LogP contribution in [0.15, 0.2) is 36.7 Å². The van der Waals surface area contributed by atoms with Crippen molar-refractivity contribution >= 4 is 5.82 Å². The smallest absolute Gasteiger partial charge is 0.416 e. The summed E-state index contributed by atoms with van der Waals surface area (Å²) < 4.78 is 44.0. The lowest BCUT2D eigenvalue weighted by molar-refractivity contribution is -0.137. The molecular formula is C14H14F3N3O. The van der Waals surface area contributed by atoms with Crippen LogP contribution in [0.4, 0.5) is 19.0 Å². The molecule has 2 rings (SSSR count). The first-order chi connectivity index (χ1) is 9.99. The molecule has 21 heavy (non-hydrogen) atoms. The fourth-order valence-corrected chi connectivity index (χ4v) is 1.59. The quantitative estimate of drug-likeness (QED) is 0.902. The number of rotatable bonds is 5. The summed E-state index contributed by atoms with van der Waals surface area (Å²) >= 11 is 0. The van der Waals surface area contributed by atoms with Crippen LogP contribution in [0.1, 0.15) is 18.9 Å². The maximum Gasteiger partial charge on any atom is 0.416 e. The summed E-state index contributed by atoms with van der Waals surface area (Å²) in [6, 6.07) is 5.04. The summed E-state index contributed by atoms with van der Waals surface area (Å²) in [4.78, 5) is 7.85. The molecule has 0 unspecified atom stereocenters. The normalized spacial score (nSPS) is 11.2. The number of hydrogen-bond donors (Lipinski definition) is 1. The van der Waals surface area contributed by atoms with E-state index in [0.717, 1.165) is 18.6 Å². The third kappa shape index (κ3) is 4.34. The minimum absolute atomic E-state index is 0.128. The van der Waals surface area contributed by atoms with Gasteiger partial charge in [-0.3, -0.25) is 4.98 Å². The molecule has 2 heterocycles. The van der Waals surface area contributed by atoms with Crippen molar-refractivity contribution in [3.63, 3.8) is 0 Å². The topological polar surface area (TPSA) is 47.0 Å². The molecule has 0 aliphatic rings. The fourth-order valence-electron chi connectivity index (χ4n) is 1.59. The van der Waals surface area contributed by atoms with Crippen LogP contribution in [0.25, 0.3) is 0 Å². The van der Waals surface area contributed by atoms with E-state index in [1.165, 1.54) is 6.20 Å². The summed E-state index contributed by atoms with van der Waals surface area (Å²) in [6.45, 7) is 2.44. The first-order valence-electron chi connectivity index (χ1n) is 6.40. The number of alkyl halides is 3. The van der Waals surface area contributed by atoms with E-state index in [1.54, 1.807) is 18.3 Å². The molecule has 1 N–H and O–H groups in total. The Hall–Kier alpha value is -2.31. The van der Waals surface area contributed by atoms with Crippen molar-refractivity contribution in [3.05, 3.63) is 42.2 Å². The Balaban J connectivity index is 2.30. The van der Waals surface area contributed by atoms with Gasteiger partial charge in [-0.25, -0.2) is 0 Å². The van der Waals surface area contributed by atoms with E-state index in [2.05, 4.69) is 15.3 Å². The second kappa shape index (κ2) is 6.43. The SMILES string of the molecule is CCCNc1cc(C(F)(F)F)cc(Oc2cccnc2)n1. The second-order valence-corrected chi connectivity index (χ2v) is 4.29. The van der Waals surface area contributed by atoms with E-state index in [-0.39, 0.29) is 11.7 Å². The van der Waals surface area contributed by atoms with Crippen molar-refractivity contribution in [2.24, 2.45) is 0 Å². The molecule has 0 amide bonds. The van der Waals surface area contributed by atoms with Crippen molar-refractivity contribution in [3.8, 4) is 11.6 Å². The van der Waals surface area contributed by atoms with Crippen molar-refractivity contribution in [1.82, 2.24) is 9.97 Å². The number of nitrogens with zero attached hydrogens (tertiary/aromatic N) is 2. The Bertz CT molecular complexity index is 588. The molecule has 0 spiro atoms. The number of nitrogens with one attached hydrogen (secondary N) is 1. The highest BCUT2D eigenvalue weighted by molar-refractivity contribution is 5.43. The minimum Gasteiger partial charge on any atom is -0.437 e. The number of aromatic nitrogens is 2. The molecule has 2 aromatic heterocycles. The average molecular weight is 297 g/mol. The van der Waals surface area contributed by atoms with Gasteiger partial charge in [-0.05, 0) is 24.6 Å². The Morgan fingerprint density at radius 2 is 2.10 bits per heavy atom.